The van der Waals surface area contributed by atoms with Gasteiger partial charge in [-0.3, -0.25) is 4.79 Å². The Hall–Kier alpha value is -1.49. The van der Waals surface area contributed by atoms with Crippen molar-refractivity contribution < 1.29 is 4.79 Å². The number of aryl methyl sites for hydroxylation is 1. The van der Waals surface area contributed by atoms with E-state index in [1.54, 1.807) is 4.68 Å². The summed E-state index contributed by atoms with van der Waals surface area (Å²) < 4.78 is 2.69. The van der Waals surface area contributed by atoms with Crippen LogP contribution < -0.4 is 0 Å². The molecule has 0 saturated carbocycles. The molecule has 1 aromatic carbocycles. The second-order valence-electron chi connectivity index (χ2n) is 4.77. The van der Waals surface area contributed by atoms with Crippen LogP contribution in [0.15, 0.2) is 29.0 Å². The predicted molar refractivity (Wildman–Crippen MR) is 77.3 cm³/mol. The van der Waals surface area contributed by atoms with Crippen molar-refractivity contribution in [3.05, 3.63) is 46.0 Å². The summed E-state index contributed by atoms with van der Waals surface area (Å²) in [6.07, 6.45) is 1.77. The molecule has 0 aliphatic rings. The van der Waals surface area contributed by atoms with Crippen molar-refractivity contribution >= 4 is 21.7 Å². The van der Waals surface area contributed by atoms with E-state index in [1.165, 1.54) is 6.33 Å². The maximum absolute atomic E-state index is 12.4. The maximum Gasteiger partial charge on any atom is 0.170 e. The zero-order valence-corrected chi connectivity index (χ0v) is 12.8. The van der Waals surface area contributed by atoms with Gasteiger partial charge in [-0.1, -0.05) is 22.0 Å². The minimum absolute atomic E-state index is 0.0636. The highest BCUT2D eigenvalue weighted by atomic mass is 79.9. The standard InChI is InChI=1S/C14H16BrN3O/c1-9(2)18-14(16-8-17-18)7-13(19)12-6-11(15)5-4-10(12)3/h4-6,8-9H,7H2,1-3H3. The van der Waals surface area contributed by atoms with E-state index in [2.05, 4.69) is 26.0 Å². The molecule has 0 saturated heterocycles. The molecule has 0 aliphatic carbocycles. The first-order valence-corrected chi connectivity index (χ1v) is 6.96. The Balaban J connectivity index is 2.26. The second-order valence-corrected chi connectivity index (χ2v) is 5.69. The Morgan fingerprint density at radius 1 is 1.42 bits per heavy atom. The number of carbonyl (C=O) groups excluding carboxylic acids is 1. The van der Waals surface area contributed by atoms with Crippen LogP contribution in [0.3, 0.4) is 0 Å². The monoisotopic (exact) mass is 321 g/mol. The van der Waals surface area contributed by atoms with Crippen molar-refractivity contribution in [3.63, 3.8) is 0 Å². The van der Waals surface area contributed by atoms with Gasteiger partial charge >= 0.3 is 0 Å². The van der Waals surface area contributed by atoms with Crippen LogP contribution in [0.2, 0.25) is 0 Å². The topological polar surface area (TPSA) is 47.8 Å². The minimum atomic E-state index is 0.0636. The normalized spacial score (nSPS) is 11.0. The van der Waals surface area contributed by atoms with Crippen LogP contribution in [-0.2, 0) is 6.42 Å². The van der Waals surface area contributed by atoms with Gasteiger partial charge in [-0.25, -0.2) is 9.67 Å². The number of halogens is 1. The number of rotatable bonds is 4. The molecule has 1 aromatic heterocycles. The van der Waals surface area contributed by atoms with Crippen molar-refractivity contribution in [2.24, 2.45) is 0 Å². The van der Waals surface area contributed by atoms with Gasteiger partial charge in [0, 0.05) is 16.1 Å². The molecule has 0 bridgehead atoms. The van der Waals surface area contributed by atoms with Crippen LogP contribution in [0, 0.1) is 6.92 Å². The molecule has 1 heterocycles. The Bertz CT molecular complexity index is 604. The van der Waals surface area contributed by atoms with Crippen molar-refractivity contribution in [2.75, 3.05) is 0 Å². The van der Waals surface area contributed by atoms with Gasteiger partial charge in [-0.2, -0.15) is 5.10 Å². The Labute approximate surface area is 121 Å². The van der Waals surface area contributed by atoms with E-state index < -0.39 is 0 Å². The van der Waals surface area contributed by atoms with Crippen molar-refractivity contribution in [2.45, 2.75) is 33.2 Å². The highest BCUT2D eigenvalue weighted by Crippen LogP contribution is 2.18. The molecule has 0 aliphatic heterocycles. The largest absolute Gasteiger partial charge is 0.294 e. The maximum atomic E-state index is 12.4. The van der Waals surface area contributed by atoms with E-state index in [1.807, 2.05) is 39.0 Å². The molecule has 4 nitrogen and oxygen atoms in total. The highest BCUT2D eigenvalue weighted by Gasteiger charge is 2.15. The summed E-state index contributed by atoms with van der Waals surface area (Å²) in [5.74, 6) is 0.771. The minimum Gasteiger partial charge on any atom is -0.294 e. The van der Waals surface area contributed by atoms with Crippen LogP contribution in [0.5, 0.6) is 0 Å². The predicted octanol–water partition coefficient (Wildman–Crippen LogP) is 3.36. The van der Waals surface area contributed by atoms with Gasteiger partial charge < -0.3 is 0 Å². The number of benzene rings is 1. The molecule has 0 N–H and O–H groups in total. The van der Waals surface area contributed by atoms with Crippen LogP contribution in [-0.4, -0.2) is 20.5 Å². The molecule has 0 unspecified atom stereocenters. The summed E-state index contributed by atoms with van der Waals surface area (Å²) in [5.41, 5.74) is 1.71. The quantitative estimate of drug-likeness (QED) is 0.811. The molecule has 2 rings (SSSR count). The van der Waals surface area contributed by atoms with Crippen LogP contribution >= 0.6 is 15.9 Å². The van der Waals surface area contributed by atoms with E-state index in [4.69, 9.17) is 0 Å². The lowest BCUT2D eigenvalue weighted by Gasteiger charge is -2.10. The fourth-order valence-corrected chi connectivity index (χ4v) is 2.33. The van der Waals surface area contributed by atoms with Crippen LogP contribution in [0.4, 0.5) is 0 Å². The SMILES string of the molecule is Cc1ccc(Br)cc1C(=O)Cc1ncnn1C(C)C. The molecule has 0 amide bonds. The number of aromatic nitrogens is 3. The zero-order chi connectivity index (χ0) is 14.0. The molecular weight excluding hydrogens is 306 g/mol. The summed E-state index contributed by atoms with van der Waals surface area (Å²) >= 11 is 3.39. The summed E-state index contributed by atoms with van der Waals surface area (Å²) in [4.78, 5) is 16.5. The van der Waals surface area contributed by atoms with E-state index in [0.29, 0.717) is 5.82 Å². The van der Waals surface area contributed by atoms with Gasteiger partial charge in [0.05, 0.1) is 6.42 Å². The molecule has 2 aromatic rings. The van der Waals surface area contributed by atoms with E-state index in [0.717, 1.165) is 15.6 Å². The Morgan fingerprint density at radius 3 is 2.84 bits per heavy atom. The number of carbonyl (C=O) groups is 1. The molecule has 0 radical (unpaired) electrons. The third-order valence-electron chi connectivity index (χ3n) is 2.96. The lowest BCUT2D eigenvalue weighted by molar-refractivity contribution is 0.0988. The summed E-state index contributed by atoms with van der Waals surface area (Å²) in [5, 5.41) is 4.15. The molecule has 0 atom stereocenters. The molecule has 0 spiro atoms. The third-order valence-corrected chi connectivity index (χ3v) is 3.45. The first-order valence-electron chi connectivity index (χ1n) is 6.16. The summed E-state index contributed by atoms with van der Waals surface area (Å²) in [6, 6.07) is 5.93. The molecule has 100 valence electrons. The average molecular weight is 322 g/mol. The van der Waals surface area contributed by atoms with E-state index >= 15 is 0 Å². The number of hydrogen-bond donors (Lipinski definition) is 0. The molecular formula is C14H16BrN3O. The summed E-state index contributed by atoms with van der Waals surface area (Å²) in [6.45, 7) is 5.98. The average Bonchev–Trinajstić information content (AvgIpc) is 2.80. The number of Topliss-reactive ketones (excluding diaryl/α,β-unsaturated/α-hetero) is 1. The molecule has 5 heteroatoms. The lowest BCUT2D eigenvalue weighted by Crippen LogP contribution is -2.14. The van der Waals surface area contributed by atoms with Gasteiger partial charge in [-0.15, -0.1) is 0 Å². The third kappa shape index (κ3) is 3.10. The van der Waals surface area contributed by atoms with Crippen LogP contribution in [0.1, 0.15) is 41.6 Å². The Kier molecular flexibility index (Phi) is 4.14. The molecule has 19 heavy (non-hydrogen) atoms. The van der Waals surface area contributed by atoms with Crippen molar-refractivity contribution in [1.29, 1.82) is 0 Å². The van der Waals surface area contributed by atoms with Crippen LogP contribution in [0.25, 0.3) is 0 Å². The second kappa shape index (κ2) is 5.65. The fraction of sp³-hybridized carbons (Fsp3) is 0.357. The number of nitrogens with zero attached hydrogens (tertiary/aromatic N) is 3. The molecule has 0 fully saturated rings. The summed E-state index contributed by atoms with van der Waals surface area (Å²) in [7, 11) is 0. The van der Waals surface area contributed by atoms with Gasteiger partial charge in [0.15, 0.2) is 5.78 Å². The van der Waals surface area contributed by atoms with Gasteiger partial charge in [0.2, 0.25) is 0 Å². The zero-order valence-electron chi connectivity index (χ0n) is 11.2. The number of ketones is 1. The highest BCUT2D eigenvalue weighted by molar-refractivity contribution is 9.10. The number of hydrogen-bond acceptors (Lipinski definition) is 3. The van der Waals surface area contributed by atoms with Gasteiger partial charge in [-0.05, 0) is 38.5 Å². The van der Waals surface area contributed by atoms with Gasteiger partial charge in [0.1, 0.15) is 12.2 Å². The van der Waals surface area contributed by atoms with Crippen molar-refractivity contribution in [1.82, 2.24) is 14.8 Å². The fourth-order valence-electron chi connectivity index (χ4n) is 1.97. The first kappa shape index (κ1) is 13.9. The van der Waals surface area contributed by atoms with E-state index in [9.17, 15) is 4.79 Å². The lowest BCUT2D eigenvalue weighted by atomic mass is 10.0. The smallest absolute Gasteiger partial charge is 0.170 e. The first-order chi connectivity index (χ1) is 8.99. The van der Waals surface area contributed by atoms with E-state index in [-0.39, 0.29) is 18.2 Å². The Morgan fingerprint density at radius 2 is 2.16 bits per heavy atom. The van der Waals surface area contributed by atoms with Gasteiger partial charge in [0.25, 0.3) is 0 Å². The van der Waals surface area contributed by atoms with Crippen molar-refractivity contribution in [3.8, 4) is 0 Å².